The molecule has 118 valence electrons. The molecule has 21 heavy (non-hydrogen) atoms. The fourth-order valence-corrected chi connectivity index (χ4v) is 2.68. The van der Waals surface area contributed by atoms with E-state index in [-0.39, 0.29) is 0 Å². The van der Waals surface area contributed by atoms with Crippen molar-refractivity contribution in [1.82, 2.24) is 10.2 Å². The second-order valence-electron chi connectivity index (χ2n) is 6.50. The summed E-state index contributed by atoms with van der Waals surface area (Å²) < 4.78 is 5.72. The third kappa shape index (κ3) is 5.68. The maximum Gasteiger partial charge on any atom is 0.119 e. The van der Waals surface area contributed by atoms with Gasteiger partial charge in [0.2, 0.25) is 0 Å². The highest BCUT2D eigenvalue weighted by Gasteiger charge is 2.11. The maximum absolute atomic E-state index is 5.72. The summed E-state index contributed by atoms with van der Waals surface area (Å²) in [6, 6.07) is 8.89. The Labute approximate surface area is 129 Å². The highest BCUT2D eigenvalue weighted by atomic mass is 16.5. The lowest BCUT2D eigenvalue weighted by Crippen LogP contribution is -2.31. The first kappa shape index (κ1) is 16.3. The molecule has 0 radical (unpaired) electrons. The normalized spacial score (nSPS) is 17.3. The van der Waals surface area contributed by atoms with Gasteiger partial charge in [-0.3, -0.25) is 0 Å². The lowest BCUT2D eigenvalue weighted by Gasteiger charge is -2.19. The Morgan fingerprint density at radius 2 is 1.76 bits per heavy atom. The molecule has 0 aliphatic carbocycles. The second kappa shape index (κ2) is 8.40. The van der Waals surface area contributed by atoms with E-state index in [0.29, 0.717) is 12.0 Å². The van der Waals surface area contributed by atoms with Crippen LogP contribution < -0.4 is 10.1 Å². The average Bonchev–Trinajstić information content (AvgIpc) is 2.99. The number of hydrogen-bond acceptors (Lipinski definition) is 3. The first-order chi connectivity index (χ1) is 10.1. The summed E-state index contributed by atoms with van der Waals surface area (Å²) in [6.45, 7) is 12.1. The molecule has 1 aliphatic heterocycles. The lowest BCUT2D eigenvalue weighted by atomic mass is 10.1. The molecule has 1 unspecified atom stereocenters. The molecule has 1 aromatic rings. The van der Waals surface area contributed by atoms with Crippen LogP contribution in [0.5, 0.6) is 5.75 Å². The van der Waals surface area contributed by atoms with Crippen LogP contribution in [-0.4, -0.2) is 37.7 Å². The van der Waals surface area contributed by atoms with Crippen molar-refractivity contribution in [2.75, 3.05) is 32.8 Å². The minimum absolute atomic E-state index is 0.395. The van der Waals surface area contributed by atoms with Crippen molar-refractivity contribution in [3.8, 4) is 5.75 Å². The summed E-state index contributed by atoms with van der Waals surface area (Å²) in [5, 5.41) is 3.61. The molecule has 1 heterocycles. The molecule has 0 aromatic heterocycles. The third-order valence-corrected chi connectivity index (χ3v) is 4.04. The largest absolute Gasteiger partial charge is 0.493 e. The van der Waals surface area contributed by atoms with Gasteiger partial charge in [-0.15, -0.1) is 0 Å². The molecule has 0 amide bonds. The molecular formula is C18H30N2O. The van der Waals surface area contributed by atoms with E-state index in [2.05, 4.69) is 55.3 Å². The first-order valence-corrected chi connectivity index (χ1v) is 8.33. The predicted molar refractivity (Wildman–Crippen MR) is 88.9 cm³/mol. The number of hydrogen-bond donors (Lipinski definition) is 1. The van der Waals surface area contributed by atoms with Gasteiger partial charge in [0.1, 0.15) is 5.75 Å². The number of likely N-dealkylation sites (tertiary alicyclic amines) is 1. The zero-order valence-electron chi connectivity index (χ0n) is 13.8. The fraction of sp³-hybridized carbons (Fsp3) is 0.667. The molecule has 0 saturated carbocycles. The minimum Gasteiger partial charge on any atom is -0.493 e. The number of rotatable bonds is 8. The lowest BCUT2D eigenvalue weighted by molar-refractivity contribution is 0.271. The van der Waals surface area contributed by atoms with Crippen molar-refractivity contribution in [2.45, 2.75) is 39.7 Å². The van der Waals surface area contributed by atoms with E-state index in [9.17, 15) is 0 Å². The van der Waals surface area contributed by atoms with E-state index in [1.807, 2.05) is 0 Å². The molecule has 1 aliphatic rings. The highest BCUT2D eigenvalue weighted by molar-refractivity contribution is 5.28. The molecule has 0 spiro atoms. The zero-order chi connectivity index (χ0) is 15.1. The van der Waals surface area contributed by atoms with Gasteiger partial charge in [-0.1, -0.05) is 26.0 Å². The summed E-state index contributed by atoms with van der Waals surface area (Å²) in [4.78, 5) is 2.54. The second-order valence-corrected chi connectivity index (χ2v) is 6.50. The monoisotopic (exact) mass is 290 g/mol. The molecule has 1 aromatic carbocycles. The Kier molecular flexibility index (Phi) is 6.52. The fourth-order valence-electron chi connectivity index (χ4n) is 2.68. The summed E-state index contributed by atoms with van der Waals surface area (Å²) in [7, 11) is 0. The Hall–Kier alpha value is -1.06. The minimum atomic E-state index is 0.395. The first-order valence-electron chi connectivity index (χ1n) is 8.33. The topological polar surface area (TPSA) is 24.5 Å². The molecule has 2 rings (SSSR count). The van der Waals surface area contributed by atoms with Crippen molar-refractivity contribution in [2.24, 2.45) is 5.92 Å². The van der Waals surface area contributed by atoms with Crippen molar-refractivity contribution in [3.05, 3.63) is 29.8 Å². The van der Waals surface area contributed by atoms with Gasteiger partial charge >= 0.3 is 0 Å². The van der Waals surface area contributed by atoms with Gasteiger partial charge in [0.15, 0.2) is 0 Å². The van der Waals surface area contributed by atoms with Crippen LogP contribution >= 0.6 is 0 Å². The summed E-state index contributed by atoms with van der Waals surface area (Å²) in [6.07, 6.45) is 2.74. The number of ether oxygens (including phenoxy) is 1. The standard InChI is InChI=1S/C18H30N2O/c1-15(2)14-21-18-8-6-17(7-9-18)16(3)19-10-13-20-11-4-5-12-20/h6-9,15-16,19H,4-5,10-14H2,1-3H3. The van der Waals surface area contributed by atoms with Gasteiger partial charge < -0.3 is 15.0 Å². The smallest absolute Gasteiger partial charge is 0.119 e. The van der Waals surface area contributed by atoms with Gasteiger partial charge in [0.25, 0.3) is 0 Å². The Morgan fingerprint density at radius 3 is 2.38 bits per heavy atom. The van der Waals surface area contributed by atoms with Crippen molar-refractivity contribution >= 4 is 0 Å². The van der Waals surface area contributed by atoms with Gasteiger partial charge in [0.05, 0.1) is 6.61 Å². The van der Waals surface area contributed by atoms with Gasteiger partial charge in [-0.2, -0.15) is 0 Å². The van der Waals surface area contributed by atoms with Crippen LogP contribution in [0, 0.1) is 5.92 Å². The Morgan fingerprint density at radius 1 is 1.10 bits per heavy atom. The SMILES string of the molecule is CC(C)COc1ccc(C(C)NCCN2CCCC2)cc1. The highest BCUT2D eigenvalue weighted by Crippen LogP contribution is 2.18. The van der Waals surface area contributed by atoms with Crippen molar-refractivity contribution < 1.29 is 4.74 Å². The number of nitrogens with one attached hydrogen (secondary N) is 1. The van der Waals surface area contributed by atoms with Crippen LogP contribution in [0.15, 0.2) is 24.3 Å². The summed E-state index contributed by atoms with van der Waals surface area (Å²) in [5.74, 6) is 1.53. The third-order valence-electron chi connectivity index (χ3n) is 4.04. The van der Waals surface area contributed by atoms with E-state index in [1.54, 1.807) is 0 Å². The van der Waals surface area contributed by atoms with E-state index in [4.69, 9.17) is 4.74 Å². The van der Waals surface area contributed by atoms with E-state index >= 15 is 0 Å². The van der Waals surface area contributed by atoms with Crippen LogP contribution in [0.4, 0.5) is 0 Å². The quantitative estimate of drug-likeness (QED) is 0.793. The maximum atomic E-state index is 5.72. The van der Waals surface area contributed by atoms with Crippen LogP contribution in [0.2, 0.25) is 0 Å². The van der Waals surface area contributed by atoms with E-state index in [0.717, 1.165) is 18.9 Å². The van der Waals surface area contributed by atoms with Crippen molar-refractivity contribution in [3.63, 3.8) is 0 Å². The van der Waals surface area contributed by atoms with Crippen LogP contribution in [0.3, 0.4) is 0 Å². The molecular weight excluding hydrogens is 260 g/mol. The number of nitrogens with zero attached hydrogens (tertiary/aromatic N) is 1. The molecule has 3 nitrogen and oxygen atoms in total. The van der Waals surface area contributed by atoms with E-state index < -0.39 is 0 Å². The van der Waals surface area contributed by atoms with Crippen LogP contribution in [0.1, 0.15) is 45.2 Å². The molecule has 1 N–H and O–H groups in total. The average molecular weight is 290 g/mol. The molecule has 1 saturated heterocycles. The van der Waals surface area contributed by atoms with Gasteiger partial charge in [-0.25, -0.2) is 0 Å². The molecule has 1 fully saturated rings. The molecule has 1 atom stereocenters. The van der Waals surface area contributed by atoms with Gasteiger partial charge in [0, 0.05) is 19.1 Å². The number of benzene rings is 1. The van der Waals surface area contributed by atoms with Crippen molar-refractivity contribution in [1.29, 1.82) is 0 Å². The van der Waals surface area contributed by atoms with Crippen LogP contribution in [0.25, 0.3) is 0 Å². The predicted octanol–water partition coefficient (Wildman–Crippen LogP) is 3.47. The molecule has 0 bridgehead atoms. The van der Waals surface area contributed by atoms with Gasteiger partial charge in [-0.05, 0) is 56.5 Å². The summed E-state index contributed by atoms with van der Waals surface area (Å²) in [5.41, 5.74) is 1.33. The van der Waals surface area contributed by atoms with E-state index in [1.165, 1.54) is 38.0 Å². The Balaban J connectivity index is 1.72. The Bertz CT molecular complexity index is 396. The van der Waals surface area contributed by atoms with Crippen LogP contribution in [-0.2, 0) is 0 Å². The molecule has 3 heteroatoms. The zero-order valence-corrected chi connectivity index (χ0v) is 13.8. The summed E-state index contributed by atoms with van der Waals surface area (Å²) >= 11 is 0.